The molecule has 4 heterocycles. The average Bonchev–Trinajstić information content (AvgIpc) is 3.32. The summed E-state index contributed by atoms with van der Waals surface area (Å²) in [5.41, 5.74) is 3.54. The smallest absolute Gasteiger partial charge is 0.274 e. The Hall–Kier alpha value is -2.41. The third-order valence-corrected chi connectivity index (χ3v) is 5.68. The normalized spacial score (nSPS) is 17.4. The van der Waals surface area contributed by atoms with E-state index >= 15 is 0 Å². The Labute approximate surface area is 150 Å². The van der Waals surface area contributed by atoms with Gasteiger partial charge >= 0.3 is 0 Å². The van der Waals surface area contributed by atoms with Crippen LogP contribution in [0.15, 0.2) is 24.3 Å². The fraction of sp³-hybridized carbons (Fsp3) is 0.389. The van der Waals surface area contributed by atoms with Crippen LogP contribution in [0.25, 0.3) is 10.6 Å². The van der Waals surface area contributed by atoms with Crippen molar-refractivity contribution < 1.29 is 4.79 Å². The van der Waals surface area contributed by atoms with Gasteiger partial charge in [-0.1, -0.05) is 0 Å². The number of amides is 1. The summed E-state index contributed by atoms with van der Waals surface area (Å²) in [6.07, 6.45) is 0.926. The highest BCUT2D eigenvalue weighted by atomic mass is 32.1. The van der Waals surface area contributed by atoms with Crippen LogP contribution in [-0.4, -0.2) is 43.9 Å². The molecule has 1 saturated heterocycles. The van der Waals surface area contributed by atoms with Crippen LogP contribution in [0.2, 0.25) is 0 Å². The number of rotatable bonds is 3. The fourth-order valence-electron chi connectivity index (χ4n) is 3.44. The minimum Gasteiger partial charge on any atom is -0.335 e. The van der Waals surface area contributed by atoms with Crippen molar-refractivity contribution in [3.63, 3.8) is 0 Å². The molecule has 7 heteroatoms. The molecular weight excluding hydrogens is 334 g/mol. The maximum Gasteiger partial charge on any atom is 0.274 e. The number of H-pyrrole nitrogens is 1. The van der Waals surface area contributed by atoms with Gasteiger partial charge in [0.1, 0.15) is 0 Å². The Morgan fingerprint density at radius 2 is 2.12 bits per heavy atom. The van der Waals surface area contributed by atoms with Gasteiger partial charge in [0.05, 0.1) is 22.3 Å². The lowest BCUT2D eigenvalue weighted by Gasteiger charge is -2.16. The molecule has 1 atom stereocenters. The Balaban J connectivity index is 1.49. The maximum atomic E-state index is 12.8. The van der Waals surface area contributed by atoms with Crippen LogP contribution in [0.3, 0.4) is 0 Å². The van der Waals surface area contributed by atoms with Gasteiger partial charge in [-0.2, -0.15) is 10.2 Å². The number of aryl methyl sites for hydroxylation is 3. The average molecular weight is 355 g/mol. The maximum absolute atomic E-state index is 12.8. The lowest BCUT2D eigenvalue weighted by Crippen LogP contribution is -2.29. The first-order valence-electron chi connectivity index (χ1n) is 8.45. The number of hydrogen-bond donors (Lipinski definition) is 1. The number of aromatic amines is 1. The summed E-state index contributed by atoms with van der Waals surface area (Å²) in [6.45, 7) is 7.55. The molecular formula is C18H21N5OS. The van der Waals surface area contributed by atoms with Crippen LogP contribution in [-0.2, 0) is 0 Å². The first kappa shape index (κ1) is 16.1. The van der Waals surface area contributed by atoms with Gasteiger partial charge in [0.15, 0.2) is 5.69 Å². The van der Waals surface area contributed by atoms with Crippen molar-refractivity contribution in [2.45, 2.75) is 33.2 Å². The molecule has 0 unspecified atom stereocenters. The number of aromatic nitrogens is 4. The van der Waals surface area contributed by atoms with E-state index in [2.05, 4.69) is 47.3 Å². The van der Waals surface area contributed by atoms with Crippen LogP contribution in [0.4, 0.5) is 0 Å². The summed E-state index contributed by atoms with van der Waals surface area (Å²) in [4.78, 5) is 17.0. The highest BCUT2D eigenvalue weighted by Gasteiger charge is 2.30. The third kappa shape index (κ3) is 3.00. The summed E-state index contributed by atoms with van der Waals surface area (Å²) in [5.74, 6) is -0.0141. The summed E-state index contributed by atoms with van der Waals surface area (Å²) in [6, 6.07) is 8.30. The van der Waals surface area contributed by atoms with Crippen LogP contribution in [0.1, 0.15) is 39.2 Å². The van der Waals surface area contributed by atoms with E-state index in [-0.39, 0.29) is 11.9 Å². The molecule has 1 N–H and O–H groups in total. The molecule has 1 amide bonds. The molecule has 4 rings (SSSR count). The highest BCUT2D eigenvalue weighted by Crippen LogP contribution is 2.28. The van der Waals surface area contributed by atoms with E-state index in [1.54, 1.807) is 11.3 Å². The molecule has 0 spiro atoms. The van der Waals surface area contributed by atoms with Gasteiger partial charge in [0.25, 0.3) is 5.91 Å². The van der Waals surface area contributed by atoms with Gasteiger partial charge in [-0.15, -0.1) is 11.3 Å². The quantitative estimate of drug-likeness (QED) is 0.783. The first-order chi connectivity index (χ1) is 12.0. The van der Waals surface area contributed by atoms with Crippen LogP contribution in [0.5, 0.6) is 0 Å². The van der Waals surface area contributed by atoms with E-state index in [9.17, 15) is 4.79 Å². The van der Waals surface area contributed by atoms with Gasteiger partial charge in [-0.05, 0) is 51.5 Å². The molecule has 0 bridgehead atoms. The van der Waals surface area contributed by atoms with Gasteiger partial charge < -0.3 is 4.90 Å². The zero-order valence-corrected chi connectivity index (χ0v) is 15.4. The fourth-order valence-corrected chi connectivity index (χ4v) is 4.27. The zero-order chi connectivity index (χ0) is 17.6. The number of likely N-dealkylation sites (tertiary alicyclic amines) is 1. The topological polar surface area (TPSA) is 66.8 Å². The van der Waals surface area contributed by atoms with Crippen LogP contribution in [0, 0.1) is 20.8 Å². The van der Waals surface area contributed by atoms with E-state index in [0.29, 0.717) is 12.2 Å². The summed E-state index contributed by atoms with van der Waals surface area (Å²) in [7, 11) is 0. The minimum absolute atomic E-state index is 0.0141. The number of thiophene rings is 1. The van der Waals surface area contributed by atoms with E-state index in [1.165, 1.54) is 4.88 Å². The van der Waals surface area contributed by atoms with E-state index in [0.717, 1.165) is 34.9 Å². The van der Waals surface area contributed by atoms with Crippen molar-refractivity contribution in [3.8, 4) is 10.6 Å². The van der Waals surface area contributed by atoms with E-state index < -0.39 is 0 Å². The second-order valence-corrected chi connectivity index (χ2v) is 7.93. The third-order valence-electron chi connectivity index (χ3n) is 4.64. The van der Waals surface area contributed by atoms with Crippen LogP contribution < -0.4 is 0 Å². The number of nitrogens with zero attached hydrogens (tertiary/aromatic N) is 4. The van der Waals surface area contributed by atoms with E-state index in [4.69, 9.17) is 0 Å². The zero-order valence-electron chi connectivity index (χ0n) is 14.6. The molecule has 3 aromatic heterocycles. The van der Waals surface area contributed by atoms with Crippen molar-refractivity contribution in [3.05, 3.63) is 46.2 Å². The van der Waals surface area contributed by atoms with E-state index in [1.807, 2.05) is 22.6 Å². The Morgan fingerprint density at radius 1 is 1.28 bits per heavy atom. The molecule has 0 saturated carbocycles. The monoisotopic (exact) mass is 355 g/mol. The summed E-state index contributed by atoms with van der Waals surface area (Å²) in [5, 5.41) is 11.8. The molecule has 0 radical (unpaired) electrons. The predicted octanol–water partition coefficient (Wildman–Crippen LogP) is 3.35. The highest BCUT2D eigenvalue weighted by molar-refractivity contribution is 7.15. The number of hydrogen-bond acceptors (Lipinski definition) is 4. The van der Waals surface area contributed by atoms with Crippen molar-refractivity contribution in [1.82, 2.24) is 24.9 Å². The van der Waals surface area contributed by atoms with Crippen molar-refractivity contribution in [2.24, 2.45) is 0 Å². The standard InChI is InChI=1S/C18H21N5OS/c1-11-8-12(2)23(21-11)14-6-7-22(10-14)18(24)16-9-15(19-20-16)17-5-4-13(3)25-17/h4-5,8-9,14H,6-7,10H2,1-3H3,(H,19,20)/t14-/m1/s1. The van der Waals surface area contributed by atoms with Crippen molar-refractivity contribution in [2.75, 3.05) is 13.1 Å². The molecule has 0 aliphatic carbocycles. The lowest BCUT2D eigenvalue weighted by atomic mass is 10.2. The van der Waals surface area contributed by atoms with Gasteiger partial charge in [-0.3, -0.25) is 14.6 Å². The summed E-state index contributed by atoms with van der Waals surface area (Å²) >= 11 is 1.69. The molecule has 25 heavy (non-hydrogen) atoms. The molecule has 1 aliphatic heterocycles. The Kier molecular flexibility index (Phi) is 3.95. The Morgan fingerprint density at radius 3 is 2.80 bits per heavy atom. The number of carbonyl (C=O) groups is 1. The van der Waals surface area contributed by atoms with Gasteiger partial charge in [-0.25, -0.2) is 0 Å². The molecule has 3 aromatic rings. The van der Waals surface area contributed by atoms with Crippen molar-refractivity contribution >= 4 is 17.2 Å². The molecule has 1 aliphatic rings. The largest absolute Gasteiger partial charge is 0.335 e. The number of carbonyl (C=O) groups excluding carboxylic acids is 1. The van der Waals surface area contributed by atoms with Gasteiger partial charge in [0, 0.05) is 23.7 Å². The molecule has 130 valence electrons. The minimum atomic E-state index is -0.0141. The summed E-state index contributed by atoms with van der Waals surface area (Å²) < 4.78 is 2.05. The second kappa shape index (κ2) is 6.15. The molecule has 6 nitrogen and oxygen atoms in total. The predicted molar refractivity (Wildman–Crippen MR) is 97.9 cm³/mol. The molecule has 1 fully saturated rings. The lowest BCUT2D eigenvalue weighted by molar-refractivity contribution is 0.0781. The second-order valence-electron chi connectivity index (χ2n) is 6.64. The van der Waals surface area contributed by atoms with Crippen LogP contribution >= 0.6 is 11.3 Å². The number of nitrogens with one attached hydrogen (secondary N) is 1. The Bertz CT molecular complexity index is 922. The molecule has 0 aromatic carbocycles. The van der Waals surface area contributed by atoms with Crippen molar-refractivity contribution in [1.29, 1.82) is 0 Å². The van der Waals surface area contributed by atoms with Gasteiger partial charge in [0.2, 0.25) is 0 Å². The SMILES string of the molecule is Cc1cc(C)n([C@@H]2CCN(C(=O)c3cc(-c4ccc(C)s4)[nH]n3)C2)n1. The first-order valence-corrected chi connectivity index (χ1v) is 9.27.